The summed E-state index contributed by atoms with van der Waals surface area (Å²) in [5.74, 6) is 0.0267. The molecule has 0 aliphatic carbocycles. The predicted octanol–water partition coefficient (Wildman–Crippen LogP) is 4.16. The van der Waals surface area contributed by atoms with E-state index < -0.39 is 6.36 Å². The van der Waals surface area contributed by atoms with Crippen LogP contribution in [-0.4, -0.2) is 42.9 Å². The Hall–Kier alpha value is -2.68. The molecule has 0 aliphatic rings. The number of halogens is 3. The molecule has 5 nitrogen and oxygen atoms in total. The Labute approximate surface area is 164 Å². The van der Waals surface area contributed by atoms with E-state index in [1.165, 1.54) is 40.9 Å². The van der Waals surface area contributed by atoms with Crippen molar-refractivity contribution in [3.05, 3.63) is 59.7 Å². The number of carbonyl (C=O) groups is 2. The van der Waals surface area contributed by atoms with Crippen molar-refractivity contribution in [2.45, 2.75) is 12.1 Å². The van der Waals surface area contributed by atoms with Gasteiger partial charge in [-0.3, -0.25) is 9.59 Å². The zero-order valence-corrected chi connectivity index (χ0v) is 16.1. The number of alkyl halides is 3. The molecule has 0 aliphatic heterocycles. The minimum absolute atomic E-state index is 0.125. The molecule has 9 heteroatoms. The van der Waals surface area contributed by atoms with Gasteiger partial charge in [-0.1, -0.05) is 12.1 Å². The van der Waals surface area contributed by atoms with Crippen LogP contribution in [0.5, 0.6) is 5.75 Å². The second-order valence-electron chi connectivity index (χ2n) is 6.01. The average Bonchev–Trinajstić information content (AvgIpc) is 2.62. The number of anilines is 1. The van der Waals surface area contributed by atoms with E-state index in [1.807, 2.05) is 0 Å². The standard InChI is InChI=1S/C19H19F3N2O3S/c1-24(2)18(26)14-5-7-15(8-6-14)23-17(25)12-28-11-13-3-9-16(10-4-13)27-19(20,21)22/h3-10H,11-12H2,1-2H3,(H,23,25). The fraction of sp³-hybridized carbons (Fsp3) is 0.263. The Balaban J connectivity index is 1.77. The predicted molar refractivity (Wildman–Crippen MR) is 102 cm³/mol. The quantitative estimate of drug-likeness (QED) is 0.742. The van der Waals surface area contributed by atoms with E-state index >= 15 is 0 Å². The summed E-state index contributed by atoms with van der Waals surface area (Å²) in [5, 5.41) is 2.73. The van der Waals surface area contributed by atoms with Crippen molar-refractivity contribution in [1.82, 2.24) is 4.90 Å². The van der Waals surface area contributed by atoms with Gasteiger partial charge in [0.05, 0.1) is 5.75 Å². The normalized spacial score (nSPS) is 11.0. The maximum absolute atomic E-state index is 12.1. The molecule has 0 atom stereocenters. The molecule has 2 amide bonds. The second-order valence-corrected chi connectivity index (χ2v) is 7.00. The topological polar surface area (TPSA) is 58.6 Å². The van der Waals surface area contributed by atoms with Gasteiger partial charge < -0.3 is 15.0 Å². The lowest BCUT2D eigenvalue weighted by atomic mass is 10.2. The Morgan fingerprint density at radius 1 is 1.04 bits per heavy atom. The molecule has 2 rings (SSSR count). The fourth-order valence-corrected chi connectivity index (χ4v) is 2.99. The second kappa shape index (κ2) is 9.50. The van der Waals surface area contributed by atoms with E-state index in [0.717, 1.165) is 5.56 Å². The number of ether oxygens (including phenoxy) is 1. The Morgan fingerprint density at radius 3 is 2.18 bits per heavy atom. The first-order valence-corrected chi connectivity index (χ1v) is 9.33. The summed E-state index contributed by atoms with van der Waals surface area (Å²) in [6.07, 6.45) is -4.72. The van der Waals surface area contributed by atoms with Crippen molar-refractivity contribution < 1.29 is 27.5 Å². The molecule has 0 bridgehead atoms. The minimum Gasteiger partial charge on any atom is -0.406 e. The number of thioether (sulfide) groups is 1. The van der Waals surface area contributed by atoms with Crippen molar-refractivity contribution in [1.29, 1.82) is 0 Å². The van der Waals surface area contributed by atoms with Crippen molar-refractivity contribution in [2.75, 3.05) is 25.2 Å². The van der Waals surface area contributed by atoms with E-state index in [9.17, 15) is 22.8 Å². The van der Waals surface area contributed by atoms with Gasteiger partial charge in [0, 0.05) is 31.1 Å². The smallest absolute Gasteiger partial charge is 0.406 e. The van der Waals surface area contributed by atoms with Gasteiger partial charge in [-0.05, 0) is 42.0 Å². The maximum Gasteiger partial charge on any atom is 0.573 e. The lowest BCUT2D eigenvalue weighted by molar-refractivity contribution is -0.274. The van der Waals surface area contributed by atoms with Crippen LogP contribution < -0.4 is 10.1 Å². The number of hydrogen-bond acceptors (Lipinski definition) is 4. The Bertz CT molecular complexity index is 807. The third-order valence-corrected chi connectivity index (χ3v) is 4.48. The first-order chi connectivity index (χ1) is 13.1. The van der Waals surface area contributed by atoms with E-state index in [-0.39, 0.29) is 23.3 Å². The number of carbonyl (C=O) groups excluding carboxylic acids is 2. The van der Waals surface area contributed by atoms with Crippen LogP contribution in [0.4, 0.5) is 18.9 Å². The molecular weight excluding hydrogens is 393 g/mol. The third kappa shape index (κ3) is 7.15. The van der Waals surface area contributed by atoms with Crippen LogP contribution in [0.1, 0.15) is 15.9 Å². The van der Waals surface area contributed by atoms with E-state index in [0.29, 0.717) is 17.0 Å². The minimum atomic E-state index is -4.72. The number of hydrogen-bond donors (Lipinski definition) is 1. The molecule has 2 aromatic rings. The summed E-state index contributed by atoms with van der Waals surface area (Å²) < 4.78 is 40.2. The highest BCUT2D eigenvalue weighted by molar-refractivity contribution is 7.99. The van der Waals surface area contributed by atoms with E-state index in [2.05, 4.69) is 10.1 Å². The van der Waals surface area contributed by atoms with Gasteiger partial charge in [-0.15, -0.1) is 24.9 Å². The highest BCUT2D eigenvalue weighted by Gasteiger charge is 2.30. The van der Waals surface area contributed by atoms with Crippen molar-refractivity contribution >= 4 is 29.3 Å². The van der Waals surface area contributed by atoms with Gasteiger partial charge in [0.2, 0.25) is 5.91 Å². The maximum atomic E-state index is 12.1. The summed E-state index contributed by atoms with van der Waals surface area (Å²) in [7, 11) is 3.32. The molecule has 2 aromatic carbocycles. The zero-order chi connectivity index (χ0) is 20.7. The molecule has 1 N–H and O–H groups in total. The highest BCUT2D eigenvalue weighted by Crippen LogP contribution is 2.24. The number of rotatable bonds is 7. The van der Waals surface area contributed by atoms with Gasteiger partial charge in [0.25, 0.3) is 5.91 Å². The summed E-state index contributed by atoms with van der Waals surface area (Å²) in [6, 6.07) is 12.1. The number of amides is 2. The largest absolute Gasteiger partial charge is 0.573 e. The van der Waals surface area contributed by atoms with Gasteiger partial charge >= 0.3 is 6.36 Å². The molecule has 0 heterocycles. The molecule has 0 saturated carbocycles. The van der Waals surface area contributed by atoms with Crippen LogP contribution in [0.3, 0.4) is 0 Å². The summed E-state index contributed by atoms with van der Waals surface area (Å²) >= 11 is 1.33. The van der Waals surface area contributed by atoms with Gasteiger partial charge in [0.1, 0.15) is 5.75 Å². The van der Waals surface area contributed by atoms with Gasteiger partial charge in [-0.2, -0.15) is 0 Å². The van der Waals surface area contributed by atoms with Crippen LogP contribution in [0.2, 0.25) is 0 Å². The summed E-state index contributed by atoms with van der Waals surface area (Å²) in [4.78, 5) is 25.3. The molecule has 0 radical (unpaired) electrons. The molecule has 0 aromatic heterocycles. The van der Waals surface area contributed by atoms with Crippen LogP contribution in [-0.2, 0) is 10.5 Å². The van der Waals surface area contributed by atoms with Crippen LogP contribution in [0.25, 0.3) is 0 Å². The SMILES string of the molecule is CN(C)C(=O)c1ccc(NC(=O)CSCc2ccc(OC(F)(F)F)cc2)cc1. The Kier molecular flexibility index (Phi) is 7.33. The van der Waals surface area contributed by atoms with E-state index in [1.54, 1.807) is 38.4 Å². The van der Waals surface area contributed by atoms with Crippen molar-refractivity contribution in [3.63, 3.8) is 0 Å². The lowest BCUT2D eigenvalue weighted by Gasteiger charge is -2.11. The van der Waals surface area contributed by atoms with Crippen LogP contribution >= 0.6 is 11.8 Å². The van der Waals surface area contributed by atoms with Crippen LogP contribution in [0.15, 0.2) is 48.5 Å². The molecule has 150 valence electrons. The number of benzene rings is 2. The molecule has 0 saturated heterocycles. The summed E-state index contributed by atoms with van der Waals surface area (Å²) in [5.41, 5.74) is 1.88. The molecular formula is C19H19F3N2O3S. The zero-order valence-electron chi connectivity index (χ0n) is 15.2. The number of nitrogens with one attached hydrogen (secondary N) is 1. The molecule has 0 unspecified atom stereocenters. The average molecular weight is 412 g/mol. The van der Waals surface area contributed by atoms with Gasteiger partial charge in [-0.25, -0.2) is 0 Å². The van der Waals surface area contributed by atoms with Crippen LogP contribution in [0, 0.1) is 0 Å². The highest BCUT2D eigenvalue weighted by atomic mass is 32.2. The first-order valence-electron chi connectivity index (χ1n) is 8.18. The first kappa shape index (κ1) is 21.6. The third-order valence-electron chi connectivity index (χ3n) is 3.48. The molecule has 0 spiro atoms. The van der Waals surface area contributed by atoms with Crippen molar-refractivity contribution in [3.8, 4) is 5.75 Å². The fourth-order valence-electron chi connectivity index (χ4n) is 2.20. The monoisotopic (exact) mass is 412 g/mol. The van der Waals surface area contributed by atoms with E-state index in [4.69, 9.17) is 0 Å². The van der Waals surface area contributed by atoms with Gasteiger partial charge in [0.15, 0.2) is 0 Å². The summed E-state index contributed by atoms with van der Waals surface area (Å²) in [6.45, 7) is 0. The van der Waals surface area contributed by atoms with Crippen molar-refractivity contribution in [2.24, 2.45) is 0 Å². The molecule has 28 heavy (non-hydrogen) atoms. The lowest BCUT2D eigenvalue weighted by Crippen LogP contribution is -2.21. The number of nitrogens with zero attached hydrogens (tertiary/aromatic N) is 1. The molecule has 0 fully saturated rings. The Morgan fingerprint density at radius 2 is 1.64 bits per heavy atom.